The quantitative estimate of drug-likeness (QED) is 0.443. The van der Waals surface area contributed by atoms with E-state index in [2.05, 4.69) is 11.7 Å². The number of methoxy groups -OCH3 is 1. The Morgan fingerprint density at radius 2 is 1.75 bits per heavy atom. The lowest BCUT2D eigenvalue weighted by atomic mass is 9.98. The summed E-state index contributed by atoms with van der Waals surface area (Å²) in [5.41, 5.74) is 2.72. The smallest absolute Gasteiger partial charge is 0.379 e. The molecule has 0 aliphatic rings. The van der Waals surface area contributed by atoms with Crippen LogP contribution >= 0.6 is 0 Å². The minimum Gasteiger partial charge on any atom is -0.463 e. The third-order valence-corrected chi connectivity index (χ3v) is 2.60. The highest BCUT2D eigenvalue weighted by Crippen LogP contribution is 2.14. The van der Waals surface area contributed by atoms with Crippen LogP contribution in [0.3, 0.4) is 0 Å². The van der Waals surface area contributed by atoms with Gasteiger partial charge in [0.1, 0.15) is 0 Å². The van der Waals surface area contributed by atoms with Crippen LogP contribution in [0.1, 0.15) is 35.3 Å². The monoisotopic (exact) mass is 220 g/mol. The maximum absolute atomic E-state index is 11.6. The lowest BCUT2D eigenvalue weighted by Gasteiger charge is -2.07. The van der Waals surface area contributed by atoms with Crippen molar-refractivity contribution in [2.45, 2.75) is 26.7 Å². The van der Waals surface area contributed by atoms with Crippen LogP contribution in [-0.2, 0) is 22.4 Å². The molecule has 0 fully saturated rings. The first kappa shape index (κ1) is 12.4. The molecule has 0 spiro atoms. The van der Waals surface area contributed by atoms with Gasteiger partial charge in [0.05, 0.1) is 7.11 Å². The highest BCUT2D eigenvalue weighted by molar-refractivity contribution is 6.40. The van der Waals surface area contributed by atoms with E-state index in [9.17, 15) is 9.59 Å². The van der Waals surface area contributed by atoms with Crippen LogP contribution in [0.5, 0.6) is 0 Å². The van der Waals surface area contributed by atoms with Gasteiger partial charge in [0.2, 0.25) is 0 Å². The molecular weight excluding hydrogens is 204 g/mol. The van der Waals surface area contributed by atoms with Crippen molar-refractivity contribution in [3.63, 3.8) is 0 Å². The summed E-state index contributed by atoms with van der Waals surface area (Å²) < 4.78 is 4.41. The van der Waals surface area contributed by atoms with E-state index in [4.69, 9.17) is 0 Å². The van der Waals surface area contributed by atoms with Gasteiger partial charge in [-0.05, 0) is 30.0 Å². The Hall–Kier alpha value is -1.64. The molecule has 1 rings (SSSR count). The first-order valence-electron chi connectivity index (χ1n) is 5.38. The second-order valence-corrected chi connectivity index (χ2v) is 3.51. The number of ether oxygens (including phenoxy) is 1. The molecule has 1 aromatic rings. The average molecular weight is 220 g/mol. The van der Waals surface area contributed by atoms with E-state index in [1.165, 1.54) is 12.7 Å². The van der Waals surface area contributed by atoms with E-state index in [-0.39, 0.29) is 0 Å². The molecule has 0 radical (unpaired) electrons. The van der Waals surface area contributed by atoms with Crippen LogP contribution in [-0.4, -0.2) is 18.9 Å². The lowest BCUT2D eigenvalue weighted by Crippen LogP contribution is -2.16. The first-order chi connectivity index (χ1) is 7.63. The summed E-state index contributed by atoms with van der Waals surface area (Å²) in [7, 11) is 1.21. The third kappa shape index (κ3) is 2.48. The maximum atomic E-state index is 11.6. The van der Waals surface area contributed by atoms with E-state index in [1.54, 1.807) is 12.1 Å². The Morgan fingerprint density at radius 1 is 1.12 bits per heavy atom. The summed E-state index contributed by atoms with van der Waals surface area (Å²) in [6.45, 7) is 4.09. The molecule has 0 saturated carbocycles. The predicted molar refractivity (Wildman–Crippen MR) is 61.5 cm³/mol. The van der Waals surface area contributed by atoms with Crippen molar-refractivity contribution in [3.8, 4) is 0 Å². The average Bonchev–Trinajstić information content (AvgIpc) is 2.35. The largest absolute Gasteiger partial charge is 0.463 e. The Labute approximate surface area is 95.4 Å². The van der Waals surface area contributed by atoms with Gasteiger partial charge in [-0.25, -0.2) is 4.79 Å². The van der Waals surface area contributed by atoms with Crippen molar-refractivity contribution in [2.75, 3.05) is 7.11 Å². The molecule has 0 saturated heterocycles. The molecule has 0 aromatic heterocycles. The second-order valence-electron chi connectivity index (χ2n) is 3.51. The molecule has 86 valence electrons. The molecule has 0 heterocycles. The van der Waals surface area contributed by atoms with Gasteiger partial charge in [-0.3, -0.25) is 4.79 Å². The molecule has 0 atom stereocenters. The number of Topliss-reactive ketones (excluding diaryl/α,β-unsaturated/α-hetero) is 1. The van der Waals surface area contributed by atoms with Crippen molar-refractivity contribution in [2.24, 2.45) is 0 Å². The predicted octanol–water partition coefficient (Wildman–Crippen LogP) is 2.17. The minimum atomic E-state index is -0.814. The number of carbonyl (C=O) groups is 2. The zero-order valence-corrected chi connectivity index (χ0v) is 9.87. The van der Waals surface area contributed by atoms with Crippen LogP contribution < -0.4 is 0 Å². The van der Waals surface area contributed by atoms with Gasteiger partial charge in [-0.2, -0.15) is 0 Å². The van der Waals surface area contributed by atoms with E-state index in [1.807, 2.05) is 13.0 Å². The molecular formula is C13H16O3. The summed E-state index contributed by atoms with van der Waals surface area (Å²) >= 11 is 0. The maximum Gasteiger partial charge on any atom is 0.379 e. The highest BCUT2D eigenvalue weighted by atomic mass is 16.5. The molecule has 0 aliphatic carbocycles. The van der Waals surface area contributed by atoms with Crippen LogP contribution in [0, 0.1) is 0 Å². The van der Waals surface area contributed by atoms with Crippen molar-refractivity contribution < 1.29 is 14.3 Å². The molecule has 3 heteroatoms. The van der Waals surface area contributed by atoms with Crippen LogP contribution in [0.4, 0.5) is 0 Å². The van der Waals surface area contributed by atoms with E-state index in [0.29, 0.717) is 5.56 Å². The number of hydrogen-bond donors (Lipinski definition) is 0. The van der Waals surface area contributed by atoms with Gasteiger partial charge < -0.3 is 4.74 Å². The summed E-state index contributed by atoms with van der Waals surface area (Å²) in [4.78, 5) is 22.7. The minimum absolute atomic E-state index is 0.404. The standard InChI is InChI=1S/C13H16O3/c1-4-9-6-7-11(8-10(9)5-2)12(14)13(15)16-3/h6-8H,4-5H2,1-3H3. The molecule has 3 nitrogen and oxygen atoms in total. The number of aryl methyl sites for hydroxylation is 2. The lowest BCUT2D eigenvalue weighted by molar-refractivity contribution is -0.135. The molecule has 0 aliphatic heterocycles. The molecule has 0 N–H and O–H groups in total. The topological polar surface area (TPSA) is 43.4 Å². The van der Waals surface area contributed by atoms with Crippen LogP contribution in [0.15, 0.2) is 18.2 Å². The van der Waals surface area contributed by atoms with Crippen LogP contribution in [0.25, 0.3) is 0 Å². The van der Waals surface area contributed by atoms with Crippen molar-refractivity contribution in [3.05, 3.63) is 34.9 Å². The summed E-state index contributed by atoms with van der Waals surface area (Å²) in [6.07, 6.45) is 1.78. The van der Waals surface area contributed by atoms with Crippen molar-refractivity contribution in [1.82, 2.24) is 0 Å². The number of benzene rings is 1. The molecule has 16 heavy (non-hydrogen) atoms. The number of rotatable bonds is 4. The SMILES string of the molecule is CCc1ccc(C(=O)C(=O)OC)cc1CC. The Balaban J connectivity index is 3.08. The second kappa shape index (κ2) is 5.45. The van der Waals surface area contributed by atoms with Gasteiger partial charge in [-0.1, -0.05) is 26.0 Å². The normalized spacial score (nSPS) is 9.94. The number of esters is 1. The Bertz CT molecular complexity index is 408. The zero-order valence-electron chi connectivity index (χ0n) is 9.87. The fourth-order valence-corrected chi connectivity index (χ4v) is 1.65. The molecule has 0 unspecified atom stereocenters. The molecule has 0 bridgehead atoms. The fourth-order valence-electron chi connectivity index (χ4n) is 1.65. The highest BCUT2D eigenvalue weighted by Gasteiger charge is 2.17. The number of hydrogen-bond acceptors (Lipinski definition) is 3. The Kier molecular flexibility index (Phi) is 4.23. The van der Waals surface area contributed by atoms with Gasteiger partial charge in [0, 0.05) is 5.56 Å². The fraction of sp³-hybridized carbons (Fsp3) is 0.385. The first-order valence-corrected chi connectivity index (χ1v) is 5.38. The van der Waals surface area contributed by atoms with E-state index in [0.717, 1.165) is 18.4 Å². The summed E-state index contributed by atoms with van der Waals surface area (Å²) in [6, 6.07) is 5.35. The zero-order chi connectivity index (χ0) is 12.1. The van der Waals surface area contributed by atoms with E-state index < -0.39 is 11.8 Å². The third-order valence-electron chi connectivity index (χ3n) is 2.60. The number of carbonyl (C=O) groups excluding carboxylic acids is 2. The molecule has 1 aromatic carbocycles. The summed E-state index contributed by atoms with van der Waals surface area (Å²) in [5.74, 6) is -1.40. The van der Waals surface area contributed by atoms with Crippen molar-refractivity contribution >= 4 is 11.8 Å². The Morgan fingerprint density at radius 3 is 2.25 bits per heavy atom. The van der Waals surface area contributed by atoms with Gasteiger partial charge in [-0.15, -0.1) is 0 Å². The molecule has 0 amide bonds. The van der Waals surface area contributed by atoms with Crippen LogP contribution in [0.2, 0.25) is 0 Å². The summed E-state index contributed by atoms with van der Waals surface area (Å²) in [5, 5.41) is 0. The van der Waals surface area contributed by atoms with Crippen molar-refractivity contribution in [1.29, 1.82) is 0 Å². The number of ketones is 1. The van der Waals surface area contributed by atoms with Gasteiger partial charge >= 0.3 is 5.97 Å². The van der Waals surface area contributed by atoms with Gasteiger partial charge in [0.15, 0.2) is 0 Å². The van der Waals surface area contributed by atoms with Gasteiger partial charge in [0.25, 0.3) is 5.78 Å². The van der Waals surface area contributed by atoms with E-state index >= 15 is 0 Å².